The van der Waals surface area contributed by atoms with Crippen molar-refractivity contribution in [1.82, 2.24) is 15.1 Å². The summed E-state index contributed by atoms with van der Waals surface area (Å²) in [6.45, 7) is 8.05. The minimum Gasteiger partial charge on any atom is -0.353 e. The molecule has 20 heavy (non-hydrogen) atoms. The van der Waals surface area contributed by atoms with E-state index in [1.807, 2.05) is 0 Å². The first-order valence-corrected chi connectivity index (χ1v) is 7.82. The van der Waals surface area contributed by atoms with Crippen molar-refractivity contribution in [1.29, 1.82) is 0 Å². The molecule has 0 aromatic carbocycles. The minimum atomic E-state index is -0.366. The fraction of sp³-hybridized carbons (Fsp3) is 0.933. The topological polar surface area (TPSA) is 61.6 Å². The van der Waals surface area contributed by atoms with Crippen LogP contribution >= 0.6 is 0 Å². The molecule has 0 bridgehead atoms. The number of hydrogen-bond donors (Lipinski definition) is 2. The van der Waals surface area contributed by atoms with Gasteiger partial charge in [0.2, 0.25) is 5.91 Å². The Morgan fingerprint density at radius 3 is 2.45 bits per heavy atom. The van der Waals surface area contributed by atoms with E-state index in [1.54, 1.807) is 0 Å². The molecule has 1 saturated heterocycles. The van der Waals surface area contributed by atoms with Crippen molar-refractivity contribution in [3.8, 4) is 0 Å². The molecule has 1 heterocycles. The second-order valence-electron chi connectivity index (χ2n) is 6.56. The van der Waals surface area contributed by atoms with Crippen LogP contribution in [0.25, 0.3) is 0 Å². The molecule has 0 radical (unpaired) electrons. The zero-order valence-electron chi connectivity index (χ0n) is 13.6. The van der Waals surface area contributed by atoms with Crippen molar-refractivity contribution >= 4 is 5.91 Å². The van der Waals surface area contributed by atoms with Crippen LogP contribution in [0.5, 0.6) is 0 Å². The van der Waals surface area contributed by atoms with Gasteiger partial charge in [-0.1, -0.05) is 13.8 Å². The number of rotatable bonds is 7. The number of carbonyl (C=O) groups excluding carboxylic acids is 1. The van der Waals surface area contributed by atoms with E-state index < -0.39 is 0 Å². The van der Waals surface area contributed by atoms with Gasteiger partial charge in [-0.25, -0.2) is 0 Å². The Morgan fingerprint density at radius 1 is 1.35 bits per heavy atom. The molecule has 0 aromatic rings. The van der Waals surface area contributed by atoms with Crippen LogP contribution in [0, 0.1) is 5.92 Å². The molecule has 1 rings (SSSR count). The Balaban J connectivity index is 2.14. The Labute approximate surface area is 123 Å². The highest BCUT2D eigenvalue weighted by atomic mass is 16.2. The summed E-state index contributed by atoms with van der Waals surface area (Å²) in [5.74, 6) is 0.447. The van der Waals surface area contributed by atoms with Gasteiger partial charge in [-0.05, 0) is 52.4 Å². The predicted octanol–water partition coefficient (Wildman–Crippen LogP) is 0.502. The maximum absolute atomic E-state index is 11.8. The fourth-order valence-electron chi connectivity index (χ4n) is 2.74. The lowest BCUT2D eigenvalue weighted by Crippen LogP contribution is -2.47. The monoisotopic (exact) mass is 284 g/mol. The van der Waals surface area contributed by atoms with Crippen LogP contribution < -0.4 is 11.1 Å². The third-order valence-corrected chi connectivity index (χ3v) is 4.08. The number of nitrogens with one attached hydrogen (secondary N) is 1. The zero-order valence-corrected chi connectivity index (χ0v) is 13.6. The lowest BCUT2D eigenvalue weighted by molar-refractivity contribution is -0.122. The van der Waals surface area contributed by atoms with Gasteiger partial charge < -0.3 is 20.9 Å². The van der Waals surface area contributed by atoms with Crippen molar-refractivity contribution in [3.05, 3.63) is 0 Å². The average Bonchev–Trinajstić information content (AvgIpc) is 2.38. The predicted molar refractivity (Wildman–Crippen MR) is 83.6 cm³/mol. The van der Waals surface area contributed by atoms with Crippen molar-refractivity contribution in [2.75, 3.05) is 40.3 Å². The standard InChI is InChI=1S/C15H32N4O/c1-12(2)11-14(16)15(20)17-7-10-19-8-5-13(6-9-19)18(3)4/h12-14H,5-11,16H2,1-4H3,(H,17,20)/t14-/m0/s1. The quantitative estimate of drug-likeness (QED) is 0.715. The summed E-state index contributed by atoms with van der Waals surface area (Å²) in [7, 11) is 4.30. The van der Waals surface area contributed by atoms with Gasteiger partial charge in [0.25, 0.3) is 0 Å². The van der Waals surface area contributed by atoms with E-state index in [1.165, 1.54) is 12.8 Å². The second kappa shape index (κ2) is 8.60. The van der Waals surface area contributed by atoms with E-state index in [2.05, 4.69) is 43.1 Å². The summed E-state index contributed by atoms with van der Waals surface area (Å²) >= 11 is 0. The lowest BCUT2D eigenvalue weighted by Gasteiger charge is -2.35. The highest BCUT2D eigenvalue weighted by molar-refractivity contribution is 5.81. The van der Waals surface area contributed by atoms with Gasteiger partial charge in [0, 0.05) is 19.1 Å². The zero-order chi connectivity index (χ0) is 15.1. The molecule has 0 unspecified atom stereocenters. The molecule has 1 fully saturated rings. The molecule has 1 amide bonds. The SMILES string of the molecule is CC(C)C[C@H](N)C(=O)NCCN1CCC(N(C)C)CC1. The molecule has 1 aliphatic rings. The van der Waals surface area contributed by atoms with E-state index in [0.29, 0.717) is 18.5 Å². The molecular formula is C15H32N4O. The van der Waals surface area contributed by atoms with Crippen LogP contribution in [0.15, 0.2) is 0 Å². The molecular weight excluding hydrogens is 252 g/mol. The Morgan fingerprint density at radius 2 is 1.95 bits per heavy atom. The van der Waals surface area contributed by atoms with Gasteiger partial charge in [-0.15, -0.1) is 0 Å². The van der Waals surface area contributed by atoms with Gasteiger partial charge in [0.15, 0.2) is 0 Å². The average molecular weight is 284 g/mol. The molecule has 0 aromatic heterocycles. The third-order valence-electron chi connectivity index (χ3n) is 4.08. The van der Waals surface area contributed by atoms with Gasteiger partial charge in [0.05, 0.1) is 6.04 Å². The van der Waals surface area contributed by atoms with E-state index in [0.717, 1.165) is 26.1 Å². The smallest absolute Gasteiger partial charge is 0.236 e. The highest BCUT2D eigenvalue weighted by Gasteiger charge is 2.20. The Kier molecular flexibility index (Phi) is 7.48. The minimum absolute atomic E-state index is 0.0122. The van der Waals surface area contributed by atoms with Gasteiger partial charge in [0.1, 0.15) is 0 Å². The van der Waals surface area contributed by atoms with Crippen molar-refractivity contribution in [2.24, 2.45) is 11.7 Å². The Bertz CT molecular complexity index is 286. The summed E-state index contributed by atoms with van der Waals surface area (Å²) < 4.78 is 0. The van der Waals surface area contributed by atoms with Crippen LogP contribution in [-0.2, 0) is 4.79 Å². The Hall–Kier alpha value is -0.650. The number of amides is 1. The molecule has 5 heteroatoms. The summed E-state index contributed by atoms with van der Waals surface area (Å²) in [4.78, 5) is 16.5. The van der Waals surface area contributed by atoms with Crippen molar-refractivity contribution in [2.45, 2.75) is 45.2 Å². The van der Waals surface area contributed by atoms with Crippen molar-refractivity contribution in [3.63, 3.8) is 0 Å². The van der Waals surface area contributed by atoms with Crippen LogP contribution in [-0.4, -0.2) is 68.1 Å². The number of piperidine rings is 1. The van der Waals surface area contributed by atoms with E-state index in [9.17, 15) is 4.79 Å². The maximum atomic E-state index is 11.8. The number of nitrogens with zero attached hydrogens (tertiary/aromatic N) is 2. The largest absolute Gasteiger partial charge is 0.353 e. The summed E-state index contributed by atoms with van der Waals surface area (Å²) in [5.41, 5.74) is 5.86. The molecule has 1 atom stereocenters. The molecule has 3 N–H and O–H groups in total. The number of likely N-dealkylation sites (tertiary alicyclic amines) is 1. The van der Waals surface area contributed by atoms with Gasteiger partial charge in [-0.3, -0.25) is 4.79 Å². The molecule has 0 saturated carbocycles. The first-order chi connectivity index (χ1) is 9.40. The van der Waals surface area contributed by atoms with Crippen molar-refractivity contribution < 1.29 is 4.79 Å². The van der Waals surface area contributed by atoms with Gasteiger partial charge >= 0.3 is 0 Å². The van der Waals surface area contributed by atoms with E-state index in [4.69, 9.17) is 5.73 Å². The first-order valence-electron chi connectivity index (χ1n) is 7.82. The molecule has 1 aliphatic heterocycles. The summed E-state index contributed by atoms with van der Waals surface area (Å²) in [5, 5.41) is 2.95. The number of hydrogen-bond acceptors (Lipinski definition) is 4. The van der Waals surface area contributed by atoms with E-state index >= 15 is 0 Å². The van der Waals surface area contributed by atoms with Crippen LogP contribution in [0.2, 0.25) is 0 Å². The maximum Gasteiger partial charge on any atom is 0.236 e. The molecule has 0 aliphatic carbocycles. The summed E-state index contributed by atoms with van der Waals surface area (Å²) in [6.07, 6.45) is 3.18. The van der Waals surface area contributed by atoms with Crippen LogP contribution in [0.4, 0.5) is 0 Å². The third kappa shape index (κ3) is 6.20. The first kappa shape index (κ1) is 17.4. The number of carbonyl (C=O) groups is 1. The molecule has 118 valence electrons. The second-order valence-corrected chi connectivity index (χ2v) is 6.56. The summed E-state index contributed by atoms with van der Waals surface area (Å²) in [6, 6.07) is 0.342. The molecule has 0 spiro atoms. The van der Waals surface area contributed by atoms with E-state index in [-0.39, 0.29) is 11.9 Å². The fourth-order valence-corrected chi connectivity index (χ4v) is 2.74. The normalized spacial score (nSPS) is 19.6. The highest BCUT2D eigenvalue weighted by Crippen LogP contribution is 2.13. The molecule has 5 nitrogen and oxygen atoms in total. The number of nitrogens with two attached hydrogens (primary N) is 1. The van der Waals surface area contributed by atoms with Crippen LogP contribution in [0.1, 0.15) is 33.1 Å². The van der Waals surface area contributed by atoms with Crippen LogP contribution in [0.3, 0.4) is 0 Å². The lowest BCUT2D eigenvalue weighted by atomic mass is 10.0. The van der Waals surface area contributed by atoms with Gasteiger partial charge in [-0.2, -0.15) is 0 Å².